The minimum absolute atomic E-state index is 0.163. The van der Waals surface area contributed by atoms with Gasteiger partial charge in [0.05, 0.1) is 0 Å². The van der Waals surface area contributed by atoms with E-state index in [0.29, 0.717) is 0 Å². The second kappa shape index (κ2) is 5.93. The lowest BCUT2D eigenvalue weighted by molar-refractivity contribution is -0.125. The third kappa shape index (κ3) is 3.06. The van der Waals surface area contributed by atoms with Gasteiger partial charge in [-0.2, -0.15) is 0 Å². The number of piperidine rings is 2. The molecule has 0 aliphatic carbocycles. The van der Waals surface area contributed by atoms with Crippen molar-refractivity contribution < 1.29 is 9.59 Å². The number of carbonyl (C=O) groups excluding carboxylic acids is 2. The van der Waals surface area contributed by atoms with Gasteiger partial charge in [0, 0.05) is 6.54 Å². The smallest absolute Gasteiger partial charge is 0.322 e. The fourth-order valence-corrected chi connectivity index (χ4v) is 3.97. The molecule has 0 radical (unpaired) electrons. The molecule has 3 aliphatic rings. The first-order chi connectivity index (χ1) is 10.1. The lowest BCUT2D eigenvalue weighted by Gasteiger charge is -2.40. The van der Waals surface area contributed by atoms with Crippen LogP contribution in [0.3, 0.4) is 0 Å². The van der Waals surface area contributed by atoms with E-state index >= 15 is 0 Å². The van der Waals surface area contributed by atoms with E-state index in [2.05, 4.69) is 20.9 Å². The van der Waals surface area contributed by atoms with Crippen LogP contribution in [0.2, 0.25) is 0 Å². The minimum atomic E-state index is -0.710. The van der Waals surface area contributed by atoms with Crippen molar-refractivity contribution in [2.45, 2.75) is 38.1 Å². The van der Waals surface area contributed by atoms with Crippen LogP contribution in [0.5, 0.6) is 0 Å². The maximum Gasteiger partial charge on any atom is 0.322 e. The van der Waals surface area contributed by atoms with Crippen LogP contribution in [0.1, 0.15) is 32.6 Å². The summed E-state index contributed by atoms with van der Waals surface area (Å²) >= 11 is 0. The molecule has 1 atom stereocenters. The SMILES string of the molecule is CC1(C2CCN(CC3CCNCC3)CC2)NC(=O)NC1=O. The first-order valence-corrected chi connectivity index (χ1v) is 8.14. The van der Waals surface area contributed by atoms with Gasteiger partial charge < -0.3 is 15.5 Å². The number of amides is 3. The van der Waals surface area contributed by atoms with E-state index in [1.54, 1.807) is 0 Å². The molecule has 6 nitrogen and oxygen atoms in total. The number of nitrogens with zero attached hydrogens (tertiary/aromatic N) is 1. The second-order valence-electron chi connectivity index (χ2n) is 6.88. The molecule has 0 aromatic carbocycles. The number of hydrogen-bond acceptors (Lipinski definition) is 4. The Bertz CT molecular complexity index is 414. The summed E-state index contributed by atoms with van der Waals surface area (Å²) < 4.78 is 0. The van der Waals surface area contributed by atoms with Gasteiger partial charge in [-0.15, -0.1) is 0 Å². The molecule has 3 aliphatic heterocycles. The standard InChI is InChI=1S/C15H26N4O2/c1-15(13(20)17-14(21)18-15)12-4-8-19(9-5-12)10-11-2-6-16-7-3-11/h11-12,16H,2-10H2,1H3,(H2,17,18,20,21). The van der Waals surface area contributed by atoms with E-state index in [1.807, 2.05) is 6.92 Å². The summed E-state index contributed by atoms with van der Waals surface area (Å²) in [6.07, 6.45) is 4.51. The Morgan fingerprint density at radius 1 is 1.14 bits per heavy atom. The van der Waals surface area contributed by atoms with E-state index in [4.69, 9.17) is 0 Å². The van der Waals surface area contributed by atoms with Crippen molar-refractivity contribution in [1.82, 2.24) is 20.9 Å². The molecule has 118 valence electrons. The average Bonchev–Trinajstić information content (AvgIpc) is 2.74. The van der Waals surface area contributed by atoms with Gasteiger partial charge in [-0.05, 0) is 70.6 Å². The molecule has 0 bridgehead atoms. The molecule has 3 amide bonds. The van der Waals surface area contributed by atoms with E-state index in [9.17, 15) is 9.59 Å². The van der Waals surface area contributed by atoms with Crippen molar-refractivity contribution in [2.75, 3.05) is 32.7 Å². The van der Waals surface area contributed by atoms with Crippen LogP contribution in [-0.4, -0.2) is 55.1 Å². The first-order valence-electron chi connectivity index (χ1n) is 8.14. The Kier molecular flexibility index (Phi) is 4.17. The summed E-state index contributed by atoms with van der Waals surface area (Å²) in [7, 11) is 0. The fraction of sp³-hybridized carbons (Fsp3) is 0.867. The third-order valence-electron chi connectivity index (χ3n) is 5.45. The first kappa shape index (κ1) is 14.8. The summed E-state index contributed by atoms with van der Waals surface area (Å²) in [5.41, 5.74) is -0.710. The number of urea groups is 1. The van der Waals surface area contributed by atoms with Gasteiger partial charge in [0.1, 0.15) is 5.54 Å². The Morgan fingerprint density at radius 3 is 2.38 bits per heavy atom. The summed E-state index contributed by atoms with van der Waals surface area (Å²) in [6, 6.07) is -0.348. The van der Waals surface area contributed by atoms with Crippen molar-refractivity contribution in [3.63, 3.8) is 0 Å². The van der Waals surface area contributed by atoms with Crippen molar-refractivity contribution in [3.8, 4) is 0 Å². The molecule has 0 aromatic rings. The van der Waals surface area contributed by atoms with Gasteiger partial charge in [-0.25, -0.2) is 4.79 Å². The molecule has 3 saturated heterocycles. The summed E-state index contributed by atoms with van der Waals surface area (Å²) in [5, 5.41) is 8.60. The van der Waals surface area contributed by atoms with Crippen LogP contribution >= 0.6 is 0 Å². The van der Waals surface area contributed by atoms with Crippen LogP contribution < -0.4 is 16.0 Å². The molecule has 3 fully saturated rings. The topological polar surface area (TPSA) is 73.5 Å². The number of hydrogen-bond donors (Lipinski definition) is 3. The molecule has 3 N–H and O–H groups in total. The third-order valence-corrected chi connectivity index (χ3v) is 5.45. The average molecular weight is 294 g/mol. The highest BCUT2D eigenvalue weighted by Crippen LogP contribution is 2.31. The van der Waals surface area contributed by atoms with Crippen molar-refractivity contribution in [2.24, 2.45) is 11.8 Å². The molecular weight excluding hydrogens is 268 g/mol. The quantitative estimate of drug-likeness (QED) is 0.655. The molecule has 21 heavy (non-hydrogen) atoms. The van der Waals surface area contributed by atoms with Crippen LogP contribution in [-0.2, 0) is 4.79 Å². The van der Waals surface area contributed by atoms with Gasteiger partial charge in [-0.1, -0.05) is 0 Å². The number of carbonyl (C=O) groups is 2. The van der Waals surface area contributed by atoms with Crippen LogP contribution in [0.25, 0.3) is 0 Å². The highest BCUT2D eigenvalue weighted by atomic mass is 16.2. The molecule has 0 aromatic heterocycles. The lowest BCUT2D eigenvalue weighted by Crippen LogP contribution is -2.54. The summed E-state index contributed by atoms with van der Waals surface area (Å²) in [5.74, 6) is 0.894. The van der Waals surface area contributed by atoms with Gasteiger partial charge in [0.15, 0.2) is 0 Å². The Labute approximate surface area is 126 Å². The summed E-state index contributed by atoms with van der Waals surface area (Å²) in [4.78, 5) is 25.9. The predicted molar refractivity (Wildman–Crippen MR) is 79.8 cm³/mol. The molecular formula is C15H26N4O2. The molecule has 3 rings (SSSR count). The maximum atomic E-state index is 12.0. The van der Waals surface area contributed by atoms with E-state index < -0.39 is 5.54 Å². The van der Waals surface area contributed by atoms with Crippen molar-refractivity contribution in [3.05, 3.63) is 0 Å². The van der Waals surface area contributed by atoms with Gasteiger partial charge in [0.25, 0.3) is 5.91 Å². The molecule has 6 heteroatoms. The normalized spacial score (nSPS) is 33.0. The number of rotatable bonds is 3. The molecule has 0 saturated carbocycles. The van der Waals surface area contributed by atoms with Crippen LogP contribution in [0, 0.1) is 11.8 Å². The summed E-state index contributed by atoms with van der Waals surface area (Å²) in [6.45, 7) is 7.40. The zero-order valence-corrected chi connectivity index (χ0v) is 12.8. The number of nitrogens with one attached hydrogen (secondary N) is 3. The maximum absolute atomic E-state index is 12.0. The van der Waals surface area contributed by atoms with E-state index in [0.717, 1.165) is 44.9 Å². The molecule has 0 spiro atoms. The predicted octanol–water partition coefficient (Wildman–Crippen LogP) is 0.296. The highest BCUT2D eigenvalue weighted by molar-refractivity contribution is 6.06. The van der Waals surface area contributed by atoms with Crippen molar-refractivity contribution >= 4 is 11.9 Å². The molecule has 3 heterocycles. The molecule has 1 unspecified atom stereocenters. The largest absolute Gasteiger partial charge is 0.323 e. The Balaban J connectivity index is 1.50. The lowest BCUT2D eigenvalue weighted by atomic mass is 9.79. The Hall–Kier alpha value is -1.14. The van der Waals surface area contributed by atoms with Crippen LogP contribution in [0.4, 0.5) is 4.79 Å². The van der Waals surface area contributed by atoms with E-state index in [-0.39, 0.29) is 17.9 Å². The highest BCUT2D eigenvalue weighted by Gasteiger charge is 2.48. The Morgan fingerprint density at radius 2 is 1.81 bits per heavy atom. The van der Waals surface area contributed by atoms with Gasteiger partial charge in [-0.3, -0.25) is 10.1 Å². The van der Waals surface area contributed by atoms with Crippen LogP contribution in [0.15, 0.2) is 0 Å². The monoisotopic (exact) mass is 294 g/mol. The zero-order valence-electron chi connectivity index (χ0n) is 12.8. The number of imide groups is 1. The van der Waals surface area contributed by atoms with Gasteiger partial charge in [0.2, 0.25) is 0 Å². The van der Waals surface area contributed by atoms with Crippen molar-refractivity contribution in [1.29, 1.82) is 0 Å². The second-order valence-corrected chi connectivity index (χ2v) is 6.88. The zero-order chi connectivity index (χ0) is 14.9. The minimum Gasteiger partial charge on any atom is -0.323 e. The fourth-order valence-electron chi connectivity index (χ4n) is 3.97. The van der Waals surface area contributed by atoms with Gasteiger partial charge >= 0.3 is 6.03 Å². The number of likely N-dealkylation sites (tertiary alicyclic amines) is 1. The van der Waals surface area contributed by atoms with E-state index in [1.165, 1.54) is 19.4 Å².